The number of carboxylic acid groups (broad SMARTS) is 1. The van der Waals surface area contributed by atoms with Gasteiger partial charge in [0.1, 0.15) is 0 Å². The highest BCUT2D eigenvalue weighted by Gasteiger charge is 2.31. The molecule has 1 fully saturated rings. The van der Waals surface area contributed by atoms with Crippen molar-refractivity contribution in [1.29, 1.82) is 0 Å². The average molecular weight is 305 g/mol. The summed E-state index contributed by atoms with van der Waals surface area (Å²) in [5.74, 6) is -1.31. The zero-order chi connectivity index (χ0) is 14.0. The third-order valence-electron chi connectivity index (χ3n) is 2.98. The maximum atomic E-state index is 12.1. The van der Waals surface area contributed by atoms with Gasteiger partial charge in [-0.05, 0) is 19.8 Å². The summed E-state index contributed by atoms with van der Waals surface area (Å²) in [6, 6.07) is 0. The Morgan fingerprint density at radius 1 is 1.53 bits per heavy atom. The van der Waals surface area contributed by atoms with Crippen LogP contribution in [0.5, 0.6) is 0 Å². The number of piperidine rings is 1. The smallest absolute Gasteiger partial charge is 0.306 e. The number of thiazole rings is 1. The number of hydrogen-bond acceptors (Lipinski definition) is 5. The van der Waals surface area contributed by atoms with E-state index < -0.39 is 22.1 Å². The van der Waals surface area contributed by atoms with Crippen molar-refractivity contribution < 1.29 is 18.3 Å². The summed E-state index contributed by atoms with van der Waals surface area (Å²) in [6.07, 6.45) is 2.28. The molecule has 0 aliphatic carbocycles. The molecule has 19 heavy (non-hydrogen) atoms. The fraction of sp³-hybridized carbons (Fsp3) is 0.600. The van der Waals surface area contributed by atoms with Gasteiger partial charge in [0.2, 0.25) is 0 Å². The van der Waals surface area contributed by atoms with E-state index in [1.54, 1.807) is 6.20 Å². The van der Waals surface area contributed by atoms with Crippen molar-refractivity contribution in [2.45, 2.75) is 19.8 Å². The first-order valence-corrected chi connectivity index (χ1v) is 8.07. The number of rotatable bonds is 4. The molecule has 2 rings (SSSR count). The van der Waals surface area contributed by atoms with Gasteiger partial charge in [-0.3, -0.25) is 4.79 Å². The molecule has 1 aromatic heterocycles. The lowest BCUT2D eigenvalue weighted by molar-refractivity contribution is -0.142. The minimum atomic E-state index is -3.63. The summed E-state index contributed by atoms with van der Waals surface area (Å²) in [5, 5.41) is 9.20. The SMILES string of the molecule is Cc1cnc(NS(=O)(=O)N2CCC(C(=O)O)CC2)s1. The molecule has 0 aromatic carbocycles. The fourth-order valence-electron chi connectivity index (χ4n) is 1.92. The van der Waals surface area contributed by atoms with Crippen LogP contribution < -0.4 is 4.72 Å². The van der Waals surface area contributed by atoms with Crippen molar-refractivity contribution in [3.63, 3.8) is 0 Å². The van der Waals surface area contributed by atoms with Gasteiger partial charge in [0.05, 0.1) is 5.92 Å². The van der Waals surface area contributed by atoms with Gasteiger partial charge in [0.25, 0.3) is 0 Å². The first kappa shape index (κ1) is 14.2. The second-order valence-corrected chi connectivity index (χ2v) is 7.30. The van der Waals surface area contributed by atoms with Crippen LogP contribution >= 0.6 is 11.3 Å². The van der Waals surface area contributed by atoms with Crippen LogP contribution in [0.15, 0.2) is 6.20 Å². The predicted molar refractivity (Wildman–Crippen MR) is 71.3 cm³/mol. The van der Waals surface area contributed by atoms with Gasteiger partial charge in [-0.2, -0.15) is 12.7 Å². The molecule has 0 bridgehead atoms. The van der Waals surface area contributed by atoms with Crippen LogP contribution in [-0.2, 0) is 15.0 Å². The lowest BCUT2D eigenvalue weighted by Gasteiger charge is -2.28. The minimum Gasteiger partial charge on any atom is -0.481 e. The summed E-state index contributed by atoms with van der Waals surface area (Å²) < 4.78 is 27.8. The zero-order valence-electron chi connectivity index (χ0n) is 10.4. The lowest BCUT2D eigenvalue weighted by Crippen LogP contribution is -2.42. The Bertz CT molecular complexity index is 561. The highest BCUT2D eigenvalue weighted by Crippen LogP contribution is 2.23. The number of aryl methyl sites for hydroxylation is 1. The molecule has 2 N–H and O–H groups in total. The maximum absolute atomic E-state index is 12.1. The molecule has 9 heteroatoms. The number of carbonyl (C=O) groups is 1. The van der Waals surface area contributed by atoms with Gasteiger partial charge < -0.3 is 5.11 Å². The van der Waals surface area contributed by atoms with Gasteiger partial charge in [0.15, 0.2) is 5.13 Å². The van der Waals surface area contributed by atoms with E-state index in [4.69, 9.17) is 5.11 Å². The molecule has 7 nitrogen and oxygen atoms in total. The van der Waals surface area contributed by atoms with Crippen molar-refractivity contribution in [2.24, 2.45) is 5.92 Å². The first-order chi connectivity index (χ1) is 8.88. The molecular formula is C10H15N3O4S2. The fourth-order valence-corrected chi connectivity index (χ4v) is 4.01. The summed E-state index contributed by atoms with van der Waals surface area (Å²) in [5.41, 5.74) is 0. The number of anilines is 1. The Balaban J connectivity index is 1.99. The summed E-state index contributed by atoms with van der Waals surface area (Å²) in [6.45, 7) is 2.28. The van der Waals surface area contributed by atoms with Crippen LogP contribution in [0, 0.1) is 12.8 Å². The number of nitrogens with zero attached hydrogens (tertiary/aromatic N) is 2. The highest BCUT2D eigenvalue weighted by molar-refractivity contribution is 7.90. The molecular weight excluding hydrogens is 290 g/mol. The van der Waals surface area contributed by atoms with Crippen molar-refractivity contribution in [3.05, 3.63) is 11.1 Å². The number of aliphatic carboxylic acids is 1. The van der Waals surface area contributed by atoms with E-state index in [0.29, 0.717) is 18.0 Å². The van der Waals surface area contributed by atoms with Crippen molar-refractivity contribution in [2.75, 3.05) is 17.8 Å². The lowest BCUT2D eigenvalue weighted by atomic mass is 9.99. The van der Waals surface area contributed by atoms with Crippen LogP contribution in [0.2, 0.25) is 0 Å². The van der Waals surface area contributed by atoms with Crippen LogP contribution in [0.1, 0.15) is 17.7 Å². The summed E-state index contributed by atoms with van der Waals surface area (Å²) in [7, 11) is -3.63. The molecule has 0 radical (unpaired) electrons. The number of carboxylic acids is 1. The molecule has 2 heterocycles. The quantitative estimate of drug-likeness (QED) is 0.861. The van der Waals surface area contributed by atoms with E-state index in [0.717, 1.165) is 4.88 Å². The van der Waals surface area contributed by atoms with E-state index in [1.165, 1.54) is 15.6 Å². The van der Waals surface area contributed by atoms with Crippen LogP contribution in [0.3, 0.4) is 0 Å². The maximum Gasteiger partial charge on any atom is 0.306 e. The Labute approximate surface area is 115 Å². The van der Waals surface area contributed by atoms with Gasteiger partial charge in [0, 0.05) is 24.2 Å². The highest BCUT2D eigenvalue weighted by atomic mass is 32.2. The van der Waals surface area contributed by atoms with Crippen molar-refractivity contribution in [1.82, 2.24) is 9.29 Å². The average Bonchev–Trinajstić information content (AvgIpc) is 2.74. The molecule has 106 valence electrons. The molecule has 0 spiro atoms. The van der Waals surface area contributed by atoms with Crippen molar-refractivity contribution >= 4 is 32.6 Å². The monoisotopic (exact) mass is 305 g/mol. The second kappa shape index (κ2) is 5.43. The largest absolute Gasteiger partial charge is 0.481 e. The van der Waals surface area contributed by atoms with E-state index >= 15 is 0 Å². The third kappa shape index (κ3) is 3.43. The number of aromatic nitrogens is 1. The van der Waals surface area contributed by atoms with Gasteiger partial charge in [-0.1, -0.05) is 0 Å². The molecule has 0 unspecified atom stereocenters. The Kier molecular flexibility index (Phi) is 4.07. The van der Waals surface area contributed by atoms with E-state index in [-0.39, 0.29) is 13.1 Å². The van der Waals surface area contributed by atoms with Crippen LogP contribution in [-0.4, -0.2) is 41.9 Å². The van der Waals surface area contributed by atoms with E-state index in [2.05, 4.69) is 9.71 Å². The molecule has 0 atom stereocenters. The molecule has 1 aromatic rings. The normalized spacial score (nSPS) is 18.4. The third-order valence-corrected chi connectivity index (χ3v) is 5.43. The van der Waals surface area contributed by atoms with Gasteiger partial charge in [-0.15, -0.1) is 11.3 Å². The molecule has 1 aliphatic heterocycles. The zero-order valence-corrected chi connectivity index (χ0v) is 12.0. The second-order valence-electron chi connectivity index (χ2n) is 4.39. The first-order valence-electron chi connectivity index (χ1n) is 5.81. The van der Waals surface area contributed by atoms with Gasteiger partial charge in [-0.25, -0.2) is 9.71 Å². The molecule has 0 saturated carbocycles. The summed E-state index contributed by atoms with van der Waals surface area (Å²) in [4.78, 5) is 15.7. The number of hydrogen-bond donors (Lipinski definition) is 2. The molecule has 0 amide bonds. The van der Waals surface area contributed by atoms with Crippen LogP contribution in [0.25, 0.3) is 0 Å². The van der Waals surface area contributed by atoms with E-state index in [1.807, 2.05) is 6.92 Å². The van der Waals surface area contributed by atoms with Crippen molar-refractivity contribution in [3.8, 4) is 0 Å². The summed E-state index contributed by atoms with van der Waals surface area (Å²) >= 11 is 1.26. The minimum absolute atomic E-state index is 0.219. The molecule has 1 saturated heterocycles. The van der Waals surface area contributed by atoms with Gasteiger partial charge >= 0.3 is 16.2 Å². The Hall–Kier alpha value is -1.19. The Morgan fingerprint density at radius 2 is 2.16 bits per heavy atom. The standard InChI is InChI=1S/C10H15N3O4S2/c1-7-6-11-10(18-7)12-19(16,17)13-4-2-8(3-5-13)9(14)15/h6,8H,2-5H2,1H3,(H,11,12)(H,14,15). The Morgan fingerprint density at radius 3 is 2.63 bits per heavy atom. The number of nitrogens with one attached hydrogen (secondary N) is 1. The topological polar surface area (TPSA) is 99.6 Å². The molecule has 1 aliphatic rings. The van der Waals surface area contributed by atoms with E-state index in [9.17, 15) is 13.2 Å². The van der Waals surface area contributed by atoms with Crippen LogP contribution in [0.4, 0.5) is 5.13 Å². The predicted octanol–water partition coefficient (Wildman–Crippen LogP) is 0.905.